The van der Waals surface area contributed by atoms with E-state index in [4.69, 9.17) is 15.0 Å². The van der Waals surface area contributed by atoms with Crippen molar-refractivity contribution < 1.29 is 19.8 Å². The smallest absolute Gasteiger partial charge is 0.142 e. The summed E-state index contributed by atoms with van der Waals surface area (Å²) in [6, 6.07) is 4.04. The van der Waals surface area contributed by atoms with Crippen LogP contribution in [0.1, 0.15) is 9.75 Å². The molecule has 0 aliphatic heterocycles. The molecule has 0 aliphatic rings. The van der Waals surface area contributed by atoms with Crippen LogP contribution in [0, 0.1) is 6.92 Å². The molecule has 0 saturated carbocycles. The second kappa shape index (κ2) is 20.8. The molecule has 0 amide bonds. The lowest BCUT2D eigenvalue weighted by Crippen LogP contribution is -1.58. The van der Waals surface area contributed by atoms with Crippen molar-refractivity contribution in [1.29, 1.82) is 0 Å². The predicted octanol–water partition coefficient (Wildman–Crippen LogP) is 1.86. The molecule has 0 aliphatic carbocycles. The van der Waals surface area contributed by atoms with Crippen LogP contribution in [0.2, 0.25) is 0 Å². The quantitative estimate of drug-likeness (QED) is 0.650. The highest BCUT2D eigenvalue weighted by Crippen LogP contribution is 2.15. The fourth-order valence-corrected chi connectivity index (χ4v) is 1.47. The number of hydrogen-bond donors (Lipinski definition) is 2. The molecule has 102 valence electrons. The number of aldehydes is 2. The fraction of sp³-hybridized carbons (Fsp3) is 0.231. The maximum Gasteiger partial charge on any atom is 0.142 e. The monoisotopic (exact) mass is 272 g/mol. The second-order valence-electron chi connectivity index (χ2n) is 2.32. The SMILES string of the molecule is C=CC=O.CO.CO.Cc1ccc(/C=C/C=O)s1. The standard InChI is InChI=1S/C8H8OS.C3H4O.2CH4O/c1-7-4-5-8(10-7)3-2-6-9;1-2-3-4;2*1-2/h2-6H,1H3;2-3H,1H2;2*2H,1H3/b3-2+;;;. The summed E-state index contributed by atoms with van der Waals surface area (Å²) in [7, 11) is 2.00. The van der Waals surface area contributed by atoms with Crippen molar-refractivity contribution in [2.75, 3.05) is 14.2 Å². The lowest BCUT2D eigenvalue weighted by Gasteiger charge is -1.77. The summed E-state index contributed by atoms with van der Waals surface area (Å²) < 4.78 is 0. The van der Waals surface area contributed by atoms with Gasteiger partial charge in [-0.1, -0.05) is 6.58 Å². The van der Waals surface area contributed by atoms with Crippen LogP contribution in [-0.4, -0.2) is 37.0 Å². The first-order valence-electron chi connectivity index (χ1n) is 4.88. The Balaban J connectivity index is -0.000000238. The first-order valence-corrected chi connectivity index (χ1v) is 5.70. The van der Waals surface area contributed by atoms with Gasteiger partial charge in [0, 0.05) is 24.0 Å². The summed E-state index contributed by atoms with van der Waals surface area (Å²) in [6.07, 6.45) is 5.94. The fourth-order valence-electron chi connectivity index (χ4n) is 0.677. The minimum Gasteiger partial charge on any atom is -0.400 e. The molecule has 0 aromatic carbocycles. The van der Waals surface area contributed by atoms with E-state index in [0.717, 1.165) is 25.4 Å². The van der Waals surface area contributed by atoms with E-state index in [-0.39, 0.29) is 0 Å². The van der Waals surface area contributed by atoms with Crippen LogP contribution in [0.5, 0.6) is 0 Å². The van der Waals surface area contributed by atoms with Gasteiger partial charge in [-0.05, 0) is 37.3 Å². The minimum absolute atomic E-state index is 0.639. The molecule has 1 rings (SSSR count). The van der Waals surface area contributed by atoms with Gasteiger partial charge in [-0.25, -0.2) is 0 Å². The van der Waals surface area contributed by atoms with Gasteiger partial charge in [0.15, 0.2) is 0 Å². The van der Waals surface area contributed by atoms with Crippen LogP contribution in [-0.2, 0) is 9.59 Å². The molecule has 0 spiro atoms. The number of thiophene rings is 1. The van der Waals surface area contributed by atoms with Crippen molar-refractivity contribution in [3.8, 4) is 0 Å². The lowest BCUT2D eigenvalue weighted by atomic mass is 10.4. The van der Waals surface area contributed by atoms with Crippen molar-refractivity contribution in [1.82, 2.24) is 0 Å². The Morgan fingerprint density at radius 1 is 1.11 bits per heavy atom. The normalized spacial score (nSPS) is 7.61. The molecule has 1 aromatic heterocycles. The van der Waals surface area contributed by atoms with Crippen molar-refractivity contribution in [3.05, 3.63) is 40.6 Å². The third-order valence-electron chi connectivity index (χ3n) is 1.20. The van der Waals surface area contributed by atoms with Crippen LogP contribution in [0.4, 0.5) is 0 Å². The Kier molecular flexibility index (Phi) is 25.1. The van der Waals surface area contributed by atoms with Crippen LogP contribution >= 0.6 is 11.3 Å². The van der Waals surface area contributed by atoms with Gasteiger partial charge in [0.25, 0.3) is 0 Å². The molecule has 1 aromatic rings. The zero-order valence-corrected chi connectivity index (χ0v) is 11.7. The number of hydrogen-bond acceptors (Lipinski definition) is 5. The van der Waals surface area contributed by atoms with E-state index < -0.39 is 0 Å². The van der Waals surface area contributed by atoms with Crippen molar-refractivity contribution >= 4 is 30.0 Å². The minimum atomic E-state index is 0.639. The number of carbonyl (C=O) groups is 2. The highest BCUT2D eigenvalue weighted by molar-refractivity contribution is 7.12. The average Bonchev–Trinajstić information content (AvgIpc) is 2.87. The molecule has 18 heavy (non-hydrogen) atoms. The van der Waals surface area contributed by atoms with E-state index >= 15 is 0 Å². The molecule has 0 saturated heterocycles. The summed E-state index contributed by atoms with van der Waals surface area (Å²) in [5.74, 6) is 0. The first kappa shape index (κ1) is 21.7. The molecule has 2 N–H and O–H groups in total. The van der Waals surface area contributed by atoms with Crippen molar-refractivity contribution in [2.45, 2.75) is 6.92 Å². The van der Waals surface area contributed by atoms with E-state index in [1.54, 1.807) is 11.3 Å². The van der Waals surface area contributed by atoms with Crippen LogP contribution in [0.25, 0.3) is 6.08 Å². The Hall–Kier alpha value is -1.56. The van der Waals surface area contributed by atoms with Gasteiger partial charge in [-0.2, -0.15) is 0 Å². The molecule has 0 bridgehead atoms. The maximum absolute atomic E-state index is 9.90. The predicted molar refractivity (Wildman–Crippen MR) is 76.7 cm³/mol. The Labute approximate surface area is 112 Å². The molecule has 0 radical (unpaired) electrons. The largest absolute Gasteiger partial charge is 0.400 e. The number of carbonyl (C=O) groups excluding carboxylic acids is 2. The molecule has 0 fully saturated rings. The lowest BCUT2D eigenvalue weighted by molar-refractivity contribution is -0.104. The Morgan fingerprint density at radius 3 is 1.89 bits per heavy atom. The summed E-state index contributed by atoms with van der Waals surface area (Å²) in [6.45, 7) is 5.16. The van der Waals surface area contributed by atoms with Gasteiger partial charge in [0.2, 0.25) is 0 Å². The van der Waals surface area contributed by atoms with Crippen molar-refractivity contribution in [2.24, 2.45) is 0 Å². The van der Waals surface area contributed by atoms with Crippen LogP contribution in [0.3, 0.4) is 0 Å². The molecule has 4 nitrogen and oxygen atoms in total. The summed E-state index contributed by atoms with van der Waals surface area (Å²) in [5.41, 5.74) is 0. The Bertz CT molecular complexity index is 323. The van der Waals surface area contributed by atoms with Gasteiger partial charge in [-0.15, -0.1) is 11.3 Å². The first-order chi connectivity index (χ1) is 8.74. The number of aliphatic hydroxyl groups excluding tert-OH is 2. The van der Waals surface area contributed by atoms with Gasteiger partial charge in [0.1, 0.15) is 12.6 Å². The molecule has 5 heteroatoms. The third-order valence-corrected chi connectivity index (χ3v) is 2.16. The van der Waals surface area contributed by atoms with Crippen molar-refractivity contribution in [3.63, 3.8) is 0 Å². The molecular formula is C13H20O4S. The molecule has 0 unspecified atom stereocenters. The number of allylic oxidation sites excluding steroid dienone is 2. The van der Waals surface area contributed by atoms with Gasteiger partial charge in [0.05, 0.1) is 0 Å². The molecule has 0 atom stereocenters. The summed E-state index contributed by atoms with van der Waals surface area (Å²) in [4.78, 5) is 21.4. The van der Waals surface area contributed by atoms with Gasteiger partial charge >= 0.3 is 0 Å². The highest BCUT2D eigenvalue weighted by atomic mass is 32.1. The van der Waals surface area contributed by atoms with E-state index in [1.807, 2.05) is 25.1 Å². The van der Waals surface area contributed by atoms with Crippen LogP contribution in [0.15, 0.2) is 30.9 Å². The molecular weight excluding hydrogens is 252 g/mol. The Morgan fingerprint density at radius 2 is 1.61 bits per heavy atom. The summed E-state index contributed by atoms with van der Waals surface area (Å²) >= 11 is 1.68. The second-order valence-corrected chi connectivity index (χ2v) is 3.63. The number of aryl methyl sites for hydroxylation is 1. The topological polar surface area (TPSA) is 74.6 Å². The number of aliphatic hydroxyl groups is 2. The zero-order valence-electron chi connectivity index (χ0n) is 10.9. The summed E-state index contributed by atoms with van der Waals surface area (Å²) in [5, 5.41) is 14.0. The third kappa shape index (κ3) is 16.9. The van der Waals surface area contributed by atoms with Gasteiger partial charge < -0.3 is 10.2 Å². The molecule has 1 heterocycles. The average molecular weight is 272 g/mol. The van der Waals surface area contributed by atoms with Crippen LogP contribution < -0.4 is 0 Å². The zero-order chi connectivity index (χ0) is 14.8. The van der Waals surface area contributed by atoms with E-state index in [0.29, 0.717) is 6.29 Å². The highest BCUT2D eigenvalue weighted by Gasteiger charge is 1.88. The van der Waals surface area contributed by atoms with E-state index in [9.17, 15) is 4.79 Å². The van der Waals surface area contributed by atoms with E-state index in [2.05, 4.69) is 6.58 Å². The van der Waals surface area contributed by atoms with E-state index in [1.165, 1.54) is 17.0 Å². The maximum atomic E-state index is 9.90. The van der Waals surface area contributed by atoms with Gasteiger partial charge in [-0.3, -0.25) is 9.59 Å². The number of rotatable bonds is 3.